The molecule has 1 saturated heterocycles. The van der Waals surface area contributed by atoms with Crippen molar-refractivity contribution in [3.05, 3.63) is 59.7 Å². The lowest BCUT2D eigenvalue weighted by atomic mass is 9.84. The summed E-state index contributed by atoms with van der Waals surface area (Å²) in [6.45, 7) is 13.7. The molecule has 0 spiro atoms. The molecular weight excluding hydrogens is 482 g/mol. The van der Waals surface area contributed by atoms with Crippen molar-refractivity contribution in [1.29, 1.82) is 0 Å². The first-order chi connectivity index (χ1) is 17.2. The van der Waals surface area contributed by atoms with Crippen LogP contribution >= 0.6 is 11.8 Å². The molecule has 0 aliphatic carbocycles. The number of hydrogen-bond acceptors (Lipinski definition) is 5. The van der Waals surface area contributed by atoms with E-state index < -0.39 is 6.43 Å². The van der Waals surface area contributed by atoms with Crippen LogP contribution < -0.4 is 0 Å². The number of hydrogen-bond donors (Lipinski definition) is 0. The smallest absolute Gasteiger partial charge is 0.238 e. The summed E-state index contributed by atoms with van der Waals surface area (Å²) in [4.78, 5) is 27.8. The number of ether oxygens (including phenoxy) is 1. The van der Waals surface area contributed by atoms with Crippen LogP contribution in [0.1, 0.15) is 57.6 Å². The monoisotopic (exact) mass is 522 g/mol. The second kappa shape index (κ2) is 18.8. The van der Waals surface area contributed by atoms with Gasteiger partial charge >= 0.3 is 0 Å². The summed E-state index contributed by atoms with van der Waals surface area (Å²) in [6.07, 6.45) is 0.823. The topological polar surface area (TPSA) is 60.4 Å². The van der Waals surface area contributed by atoms with E-state index in [2.05, 4.69) is 64.1 Å². The molecule has 1 fully saturated rings. The Balaban J connectivity index is 0.000000630. The third kappa shape index (κ3) is 13.1. The lowest BCUT2D eigenvalue weighted by molar-refractivity contribution is -0.123. The number of aryl methyl sites for hydroxylation is 2. The zero-order valence-corrected chi connectivity index (χ0v) is 22.8. The maximum Gasteiger partial charge on any atom is 0.238 e. The van der Waals surface area contributed by atoms with Crippen LogP contribution in [0.5, 0.6) is 0 Å². The van der Waals surface area contributed by atoms with Crippen molar-refractivity contribution in [3.63, 3.8) is 0 Å². The van der Waals surface area contributed by atoms with Crippen molar-refractivity contribution in [2.24, 2.45) is 5.41 Å². The van der Waals surface area contributed by atoms with Crippen LogP contribution in [-0.2, 0) is 25.5 Å². The normalized spacial score (nSPS) is 13.9. The third-order valence-corrected chi connectivity index (χ3v) is 6.84. The lowest BCUT2D eigenvalue weighted by Crippen LogP contribution is -2.33. The summed E-state index contributed by atoms with van der Waals surface area (Å²) in [6, 6.07) is 16.5. The molecule has 2 aromatic rings. The Bertz CT molecular complexity index is 847. The summed E-state index contributed by atoms with van der Waals surface area (Å²) in [5, 5.41) is 0.734. The van der Waals surface area contributed by atoms with Crippen LogP contribution in [0.4, 0.5) is 8.78 Å². The Hall–Kier alpha value is -2.38. The van der Waals surface area contributed by atoms with Gasteiger partial charge in [0.25, 0.3) is 0 Å². The lowest BCUT2D eigenvalue weighted by Gasteiger charge is -2.31. The van der Waals surface area contributed by atoms with Gasteiger partial charge in [0.1, 0.15) is 13.6 Å². The number of halogens is 2. The fourth-order valence-electron chi connectivity index (χ4n) is 3.45. The minimum Gasteiger partial charge on any atom is -0.381 e. The Morgan fingerprint density at radius 2 is 1.42 bits per heavy atom. The van der Waals surface area contributed by atoms with Gasteiger partial charge in [-0.25, -0.2) is 8.78 Å². The number of benzene rings is 2. The number of carbonyl (C=O) groups is 3. The van der Waals surface area contributed by atoms with E-state index in [0.717, 1.165) is 43.6 Å². The molecular formula is C29H40F2O4S. The summed E-state index contributed by atoms with van der Waals surface area (Å²) in [7, 11) is 0. The van der Waals surface area contributed by atoms with Gasteiger partial charge in [-0.15, -0.1) is 0 Å². The number of rotatable bonds is 7. The molecule has 200 valence electrons. The Morgan fingerprint density at radius 3 is 1.86 bits per heavy atom. The Kier molecular flexibility index (Phi) is 17.6. The quantitative estimate of drug-likeness (QED) is 0.380. The molecule has 0 unspecified atom stereocenters. The first-order valence-electron chi connectivity index (χ1n) is 12.0. The van der Waals surface area contributed by atoms with E-state index in [-0.39, 0.29) is 11.8 Å². The first kappa shape index (κ1) is 33.6. The molecule has 2 aromatic carbocycles. The molecule has 36 heavy (non-hydrogen) atoms. The minimum absolute atomic E-state index is 0.0142. The molecule has 3 rings (SSSR count). The van der Waals surface area contributed by atoms with Gasteiger partial charge in [0, 0.05) is 30.3 Å². The highest BCUT2D eigenvalue weighted by Gasteiger charge is 2.35. The third-order valence-electron chi connectivity index (χ3n) is 5.66. The highest BCUT2D eigenvalue weighted by molar-refractivity contribution is 8.14. The van der Waals surface area contributed by atoms with Crippen LogP contribution in [0.25, 0.3) is 11.1 Å². The predicted molar refractivity (Wildman–Crippen MR) is 146 cm³/mol. The highest BCUT2D eigenvalue weighted by atomic mass is 32.2. The fourth-order valence-corrected chi connectivity index (χ4v) is 4.37. The number of alkyl halides is 2. The van der Waals surface area contributed by atoms with E-state index in [1.54, 1.807) is 0 Å². The summed E-state index contributed by atoms with van der Waals surface area (Å²) >= 11 is 1.47. The molecule has 1 aliphatic heterocycles. The van der Waals surface area contributed by atoms with Gasteiger partial charge in [-0.05, 0) is 49.3 Å². The van der Waals surface area contributed by atoms with Gasteiger partial charge < -0.3 is 14.3 Å². The molecule has 7 heteroatoms. The zero-order valence-electron chi connectivity index (χ0n) is 21.9. The van der Waals surface area contributed by atoms with E-state index >= 15 is 0 Å². The SMILES string of the molecule is C=O.C=O.CC(C)SC(=O)C1(C)CCOCC1.Cc1ccc(-c2ccc(CCCC(F)F)cc2)cc1. The molecule has 0 aromatic heterocycles. The number of carbonyl (C=O) groups excluding carboxylic acids is 3. The van der Waals surface area contributed by atoms with Crippen molar-refractivity contribution < 1.29 is 27.9 Å². The largest absolute Gasteiger partial charge is 0.381 e. The molecule has 0 saturated carbocycles. The average molecular weight is 523 g/mol. The van der Waals surface area contributed by atoms with Gasteiger partial charge in [0.2, 0.25) is 6.43 Å². The first-order valence-corrected chi connectivity index (χ1v) is 12.9. The summed E-state index contributed by atoms with van der Waals surface area (Å²) in [5.74, 6) is 0. The minimum atomic E-state index is -2.19. The van der Waals surface area contributed by atoms with Crippen LogP contribution in [0.3, 0.4) is 0 Å². The van der Waals surface area contributed by atoms with Crippen molar-refractivity contribution in [1.82, 2.24) is 0 Å². The van der Waals surface area contributed by atoms with Crippen molar-refractivity contribution in [2.75, 3.05) is 13.2 Å². The van der Waals surface area contributed by atoms with Gasteiger partial charge in [0.05, 0.1) is 0 Å². The second-order valence-corrected chi connectivity index (χ2v) is 10.5. The molecule has 4 nitrogen and oxygen atoms in total. The molecule has 0 N–H and O–H groups in total. The average Bonchev–Trinajstić information content (AvgIpc) is 2.88. The van der Waals surface area contributed by atoms with E-state index in [1.807, 2.05) is 25.7 Å². The van der Waals surface area contributed by atoms with Crippen molar-refractivity contribution in [2.45, 2.75) is 71.5 Å². The standard InChI is InChI=1S/C17H18F2.C10H18O2S.2CH2O/c1-13-5-9-15(10-6-13)16-11-7-14(8-12-16)3-2-4-17(18)19;1-8(2)13-9(11)10(3)4-6-12-7-5-10;2*1-2/h5-12,17H,2-4H2,1H3;8H,4-7H2,1-3H3;2*1H2. The molecule has 0 amide bonds. The maximum absolute atomic E-state index is 12.1. The van der Waals surface area contributed by atoms with E-state index in [4.69, 9.17) is 14.3 Å². The van der Waals surface area contributed by atoms with E-state index in [0.29, 0.717) is 16.8 Å². The Labute approximate surface area is 219 Å². The predicted octanol–water partition coefficient (Wildman–Crippen LogP) is 7.35. The van der Waals surface area contributed by atoms with Gasteiger partial charge in [-0.1, -0.05) is 86.6 Å². The van der Waals surface area contributed by atoms with E-state index in [9.17, 15) is 13.6 Å². The Morgan fingerprint density at radius 1 is 0.944 bits per heavy atom. The van der Waals surface area contributed by atoms with Gasteiger partial charge in [-0.3, -0.25) is 4.79 Å². The fraction of sp³-hybridized carbons (Fsp3) is 0.483. The van der Waals surface area contributed by atoms with E-state index in [1.165, 1.54) is 22.9 Å². The summed E-state index contributed by atoms with van der Waals surface area (Å²) in [5.41, 5.74) is 4.58. The highest BCUT2D eigenvalue weighted by Crippen LogP contribution is 2.36. The van der Waals surface area contributed by atoms with Gasteiger partial charge in [-0.2, -0.15) is 0 Å². The molecule has 0 bridgehead atoms. The number of thioether (sulfide) groups is 1. The molecule has 1 heterocycles. The second-order valence-electron chi connectivity index (χ2n) is 8.97. The van der Waals surface area contributed by atoms with Crippen LogP contribution in [0.15, 0.2) is 48.5 Å². The van der Waals surface area contributed by atoms with Crippen molar-refractivity contribution >= 4 is 30.5 Å². The van der Waals surface area contributed by atoms with Crippen LogP contribution in [-0.4, -0.2) is 43.6 Å². The van der Waals surface area contributed by atoms with Gasteiger partial charge in [0.15, 0.2) is 5.12 Å². The summed E-state index contributed by atoms with van der Waals surface area (Å²) < 4.78 is 29.4. The zero-order chi connectivity index (χ0) is 27.6. The van der Waals surface area contributed by atoms with Crippen molar-refractivity contribution in [3.8, 4) is 11.1 Å². The molecule has 1 aliphatic rings. The molecule has 0 atom stereocenters. The van der Waals surface area contributed by atoms with Crippen LogP contribution in [0.2, 0.25) is 0 Å². The van der Waals surface area contributed by atoms with Crippen LogP contribution in [0, 0.1) is 12.3 Å². The maximum atomic E-state index is 12.1. The molecule has 0 radical (unpaired) electrons.